The molecular weight excluding hydrogens is 440 g/mol. The van der Waals surface area contributed by atoms with E-state index >= 15 is 0 Å². The summed E-state index contributed by atoms with van der Waals surface area (Å²) in [4.78, 5) is 19.4. The van der Waals surface area contributed by atoms with Gasteiger partial charge >= 0.3 is 6.03 Å². The van der Waals surface area contributed by atoms with Crippen molar-refractivity contribution in [2.24, 2.45) is 5.92 Å². The van der Waals surface area contributed by atoms with Crippen LogP contribution in [0.15, 0.2) is 42.6 Å². The third kappa shape index (κ3) is 3.85. The molecule has 1 N–H and O–H groups in total. The number of hydrogen-bond donors (Lipinski definition) is 1. The maximum atomic E-state index is 13.6. The van der Waals surface area contributed by atoms with Gasteiger partial charge in [-0.2, -0.15) is 0 Å². The number of hydrogen-bond acceptors (Lipinski definition) is 3. The van der Waals surface area contributed by atoms with Crippen LogP contribution in [0.2, 0.25) is 5.02 Å². The van der Waals surface area contributed by atoms with E-state index in [0.717, 1.165) is 30.8 Å². The molecule has 2 aliphatic heterocycles. The highest BCUT2D eigenvalue weighted by atomic mass is 35.5. The lowest BCUT2D eigenvalue weighted by molar-refractivity contribution is 0.179. The number of halogens is 1. The van der Waals surface area contributed by atoms with Crippen molar-refractivity contribution < 1.29 is 4.79 Å². The second kappa shape index (κ2) is 8.58. The maximum Gasteiger partial charge on any atom is 0.318 e. The van der Waals surface area contributed by atoms with E-state index in [1.165, 1.54) is 21.0 Å². The molecule has 2 aliphatic rings. The first-order valence-corrected chi connectivity index (χ1v) is 12.4. The van der Waals surface area contributed by atoms with Gasteiger partial charge in [0.05, 0.1) is 18.3 Å². The molecule has 1 atom stereocenters. The topological polar surface area (TPSA) is 40.5 Å². The van der Waals surface area contributed by atoms with Gasteiger partial charge in [0.25, 0.3) is 0 Å². The van der Waals surface area contributed by atoms with Crippen molar-refractivity contribution in [1.29, 1.82) is 0 Å². The van der Waals surface area contributed by atoms with Crippen LogP contribution in [-0.4, -0.2) is 40.5 Å². The lowest BCUT2D eigenvalue weighted by Crippen LogP contribution is -2.43. The minimum Gasteiger partial charge on any atom is -0.338 e. The van der Waals surface area contributed by atoms with Crippen molar-refractivity contribution in [2.45, 2.75) is 39.4 Å². The Bertz CT molecular complexity index is 1130. The number of thiophene rings is 1. The minimum atomic E-state index is -0.184. The molecule has 5 nitrogen and oxygen atoms in total. The predicted molar refractivity (Wildman–Crippen MR) is 131 cm³/mol. The van der Waals surface area contributed by atoms with Gasteiger partial charge in [-0.15, -0.1) is 11.3 Å². The highest BCUT2D eigenvalue weighted by Gasteiger charge is 2.36. The van der Waals surface area contributed by atoms with Crippen molar-refractivity contribution in [1.82, 2.24) is 19.7 Å². The summed E-state index contributed by atoms with van der Waals surface area (Å²) in [6.45, 7) is 7.52. The molecule has 0 unspecified atom stereocenters. The SMILES string of the molecule is CC(C)CNC(=O)N1Cc2c(sc3c2CCN(C)C3)-n2cccc2[C@@H]1c1ccc(Cl)cc1. The van der Waals surface area contributed by atoms with Crippen molar-refractivity contribution in [3.05, 3.63) is 74.9 Å². The molecule has 2 aromatic heterocycles. The van der Waals surface area contributed by atoms with Crippen LogP contribution < -0.4 is 5.32 Å². The average Bonchev–Trinajstić information content (AvgIpc) is 3.34. The number of aromatic nitrogens is 1. The van der Waals surface area contributed by atoms with Gasteiger partial charge in [0.1, 0.15) is 5.00 Å². The fraction of sp³-hybridized carbons (Fsp3) is 0.400. The molecule has 32 heavy (non-hydrogen) atoms. The van der Waals surface area contributed by atoms with Crippen LogP contribution in [-0.2, 0) is 19.5 Å². The minimum absolute atomic E-state index is 0.0212. The smallest absolute Gasteiger partial charge is 0.318 e. The summed E-state index contributed by atoms with van der Waals surface area (Å²) in [6, 6.07) is 11.9. The second-order valence-electron chi connectivity index (χ2n) is 9.24. The average molecular weight is 469 g/mol. The monoisotopic (exact) mass is 468 g/mol. The Morgan fingerprint density at radius 2 is 1.97 bits per heavy atom. The van der Waals surface area contributed by atoms with Crippen LogP contribution >= 0.6 is 22.9 Å². The summed E-state index contributed by atoms with van der Waals surface area (Å²) in [5.74, 6) is 0.392. The van der Waals surface area contributed by atoms with E-state index in [0.29, 0.717) is 24.0 Å². The lowest BCUT2D eigenvalue weighted by Gasteiger charge is -2.32. The van der Waals surface area contributed by atoms with Crippen LogP contribution in [0, 0.1) is 5.92 Å². The lowest BCUT2D eigenvalue weighted by atomic mass is 10.0. The Hall–Kier alpha value is -2.28. The Morgan fingerprint density at radius 1 is 1.19 bits per heavy atom. The van der Waals surface area contributed by atoms with Gasteiger partial charge in [0, 0.05) is 41.3 Å². The van der Waals surface area contributed by atoms with Crippen LogP contribution in [0.5, 0.6) is 0 Å². The zero-order valence-corrected chi connectivity index (χ0v) is 20.3. The largest absolute Gasteiger partial charge is 0.338 e. The molecule has 0 spiro atoms. The van der Waals surface area contributed by atoms with Crippen molar-refractivity contribution in [3.8, 4) is 5.00 Å². The molecule has 0 fully saturated rings. The van der Waals surface area contributed by atoms with E-state index < -0.39 is 0 Å². The summed E-state index contributed by atoms with van der Waals surface area (Å²) in [7, 11) is 2.18. The van der Waals surface area contributed by atoms with E-state index in [2.05, 4.69) is 54.0 Å². The van der Waals surface area contributed by atoms with Gasteiger partial charge in [0.15, 0.2) is 0 Å². The summed E-state index contributed by atoms with van der Waals surface area (Å²) < 4.78 is 2.30. The fourth-order valence-electron chi connectivity index (χ4n) is 4.74. The van der Waals surface area contributed by atoms with E-state index in [1.807, 2.05) is 40.5 Å². The first-order chi connectivity index (χ1) is 15.4. The molecular formula is C25H29ClN4OS. The van der Waals surface area contributed by atoms with Crippen molar-refractivity contribution >= 4 is 29.0 Å². The normalized spacial score (nSPS) is 18.2. The van der Waals surface area contributed by atoms with Crippen molar-refractivity contribution in [3.63, 3.8) is 0 Å². The molecule has 5 rings (SSSR count). The molecule has 0 radical (unpaired) electrons. The first kappa shape index (κ1) is 21.6. The summed E-state index contributed by atoms with van der Waals surface area (Å²) in [6.07, 6.45) is 3.17. The van der Waals surface area contributed by atoms with Gasteiger partial charge in [-0.3, -0.25) is 0 Å². The van der Waals surface area contributed by atoms with Crippen LogP contribution in [0.1, 0.15) is 47.2 Å². The summed E-state index contributed by atoms with van der Waals surface area (Å²) >= 11 is 8.07. The third-order valence-electron chi connectivity index (χ3n) is 6.36. The molecule has 3 aromatic rings. The summed E-state index contributed by atoms with van der Waals surface area (Å²) in [5, 5.41) is 5.12. The van der Waals surface area contributed by atoms with Gasteiger partial charge in [-0.25, -0.2) is 4.79 Å². The molecule has 4 heterocycles. The van der Waals surface area contributed by atoms with Gasteiger partial charge in [-0.05, 0) is 54.8 Å². The number of likely N-dealkylation sites (N-methyl/N-ethyl adjacent to an activating group) is 1. The van der Waals surface area contributed by atoms with E-state index in [4.69, 9.17) is 11.6 Å². The second-order valence-corrected chi connectivity index (χ2v) is 10.8. The molecule has 0 saturated heterocycles. The number of fused-ring (bicyclic) bond motifs is 5. The highest BCUT2D eigenvalue weighted by molar-refractivity contribution is 7.15. The van der Waals surface area contributed by atoms with Gasteiger partial charge < -0.3 is 19.7 Å². The highest BCUT2D eigenvalue weighted by Crippen LogP contribution is 2.43. The third-order valence-corrected chi connectivity index (χ3v) is 7.87. The van der Waals surface area contributed by atoms with E-state index in [9.17, 15) is 4.79 Å². The molecule has 1 aromatic carbocycles. The Labute approximate surface area is 198 Å². The zero-order chi connectivity index (χ0) is 22.4. The molecule has 7 heteroatoms. The maximum absolute atomic E-state index is 13.6. The van der Waals surface area contributed by atoms with Gasteiger partial charge in [0.2, 0.25) is 0 Å². The molecule has 0 saturated carbocycles. The molecule has 0 bridgehead atoms. The number of nitrogens with zero attached hydrogens (tertiary/aromatic N) is 3. The van der Waals surface area contributed by atoms with E-state index in [1.54, 1.807) is 0 Å². The molecule has 0 aliphatic carbocycles. The van der Waals surface area contributed by atoms with E-state index in [-0.39, 0.29) is 12.1 Å². The van der Waals surface area contributed by atoms with Crippen LogP contribution in [0.3, 0.4) is 0 Å². The number of carbonyl (C=O) groups excluding carboxylic acids is 1. The summed E-state index contributed by atoms with van der Waals surface area (Å²) in [5.41, 5.74) is 4.91. The van der Waals surface area contributed by atoms with Crippen molar-refractivity contribution in [2.75, 3.05) is 20.1 Å². The number of carbonyl (C=O) groups is 1. The number of rotatable bonds is 3. The molecule has 2 amide bonds. The standard InChI is InChI=1S/C25H29ClN4OS/c1-16(2)13-27-25(31)30-14-20-19-10-12-28(3)15-22(19)32-24(20)29-11-4-5-21(29)23(30)17-6-8-18(26)9-7-17/h4-9,11,16,23H,10,12-15H2,1-3H3,(H,27,31)/t23-/m0/s1. The fourth-order valence-corrected chi connectivity index (χ4v) is 6.31. The number of urea groups is 1. The first-order valence-electron chi connectivity index (χ1n) is 11.2. The molecule has 168 valence electrons. The Balaban J connectivity index is 1.65. The zero-order valence-electron chi connectivity index (χ0n) is 18.8. The number of amides is 2. The van der Waals surface area contributed by atoms with Gasteiger partial charge in [-0.1, -0.05) is 37.6 Å². The number of benzene rings is 1. The Kier molecular flexibility index (Phi) is 5.78. The Morgan fingerprint density at radius 3 is 2.72 bits per heavy atom. The van der Waals surface area contributed by atoms with Crippen LogP contribution in [0.25, 0.3) is 5.00 Å². The predicted octanol–water partition coefficient (Wildman–Crippen LogP) is 5.45. The van der Waals surface area contributed by atoms with Crippen LogP contribution in [0.4, 0.5) is 4.79 Å². The number of nitrogens with one attached hydrogen (secondary N) is 1. The quantitative estimate of drug-likeness (QED) is 0.555.